The van der Waals surface area contributed by atoms with Crippen LogP contribution in [0.3, 0.4) is 0 Å². The van der Waals surface area contributed by atoms with Crippen molar-refractivity contribution < 1.29 is 4.79 Å². The van der Waals surface area contributed by atoms with Gasteiger partial charge in [-0.3, -0.25) is 4.79 Å². The minimum atomic E-state index is -0.336. The zero-order valence-corrected chi connectivity index (χ0v) is 11.4. The van der Waals surface area contributed by atoms with Crippen molar-refractivity contribution in [2.45, 2.75) is 38.6 Å². The molecule has 0 bridgehead atoms. The number of nitrogens with two attached hydrogens (primary N) is 1. The maximum absolute atomic E-state index is 11.9. The largest absolute Gasteiger partial charge is 0.344 e. The predicted molar refractivity (Wildman–Crippen MR) is 75.3 cm³/mol. The normalized spacial score (nSPS) is 12.2. The Hall–Kier alpha value is -1.35. The van der Waals surface area contributed by atoms with E-state index in [-0.39, 0.29) is 11.9 Å². The summed E-state index contributed by atoms with van der Waals surface area (Å²) in [6.07, 6.45) is 3.69. The first kappa shape index (κ1) is 14.7. The summed E-state index contributed by atoms with van der Waals surface area (Å²) in [6, 6.07) is 10.00. The van der Waals surface area contributed by atoms with Gasteiger partial charge in [0.2, 0.25) is 5.91 Å². The van der Waals surface area contributed by atoms with Crippen LogP contribution in [0.15, 0.2) is 30.3 Å². The van der Waals surface area contributed by atoms with Crippen LogP contribution in [0.5, 0.6) is 0 Å². The number of aryl methyl sites for hydroxylation is 1. The number of hydrogen-bond donors (Lipinski definition) is 1. The first-order valence-electron chi connectivity index (χ1n) is 6.69. The van der Waals surface area contributed by atoms with Crippen molar-refractivity contribution in [2.75, 3.05) is 13.6 Å². The van der Waals surface area contributed by atoms with Crippen LogP contribution in [-0.4, -0.2) is 30.4 Å². The average Bonchev–Trinajstić information content (AvgIpc) is 2.39. The lowest BCUT2D eigenvalue weighted by molar-refractivity contribution is -0.131. The molecule has 0 heterocycles. The second-order valence-corrected chi connectivity index (χ2v) is 4.74. The van der Waals surface area contributed by atoms with E-state index >= 15 is 0 Å². The lowest BCUT2D eigenvalue weighted by Crippen LogP contribution is -2.42. The standard InChI is InChI=1S/C15H24N2O/c1-3-8-14(16)15(18)17(2)12-7-11-13-9-5-4-6-10-13/h4-6,9-10,14H,3,7-8,11-12,16H2,1-2H3/t14-/m1/s1. The van der Waals surface area contributed by atoms with E-state index in [1.54, 1.807) is 4.90 Å². The molecule has 1 aromatic carbocycles. The summed E-state index contributed by atoms with van der Waals surface area (Å²) in [4.78, 5) is 13.6. The molecule has 0 spiro atoms. The van der Waals surface area contributed by atoms with Gasteiger partial charge in [0, 0.05) is 13.6 Å². The highest BCUT2D eigenvalue weighted by Gasteiger charge is 2.16. The van der Waals surface area contributed by atoms with E-state index in [1.807, 2.05) is 32.2 Å². The fraction of sp³-hybridized carbons (Fsp3) is 0.533. The molecule has 0 aliphatic carbocycles. The molecule has 0 radical (unpaired) electrons. The van der Waals surface area contributed by atoms with Crippen molar-refractivity contribution in [3.63, 3.8) is 0 Å². The summed E-state index contributed by atoms with van der Waals surface area (Å²) >= 11 is 0. The molecule has 0 aliphatic rings. The molecule has 0 saturated carbocycles. The van der Waals surface area contributed by atoms with Crippen LogP contribution in [0.25, 0.3) is 0 Å². The molecule has 2 N–H and O–H groups in total. The van der Waals surface area contributed by atoms with E-state index in [0.717, 1.165) is 32.2 Å². The van der Waals surface area contributed by atoms with E-state index in [0.29, 0.717) is 0 Å². The topological polar surface area (TPSA) is 46.3 Å². The molecule has 0 aliphatic heterocycles. The number of rotatable bonds is 7. The zero-order valence-electron chi connectivity index (χ0n) is 11.4. The third-order valence-electron chi connectivity index (χ3n) is 3.09. The van der Waals surface area contributed by atoms with Crippen molar-refractivity contribution in [3.8, 4) is 0 Å². The molecule has 3 heteroatoms. The van der Waals surface area contributed by atoms with Gasteiger partial charge in [-0.25, -0.2) is 0 Å². The fourth-order valence-electron chi connectivity index (χ4n) is 1.99. The molecule has 100 valence electrons. The van der Waals surface area contributed by atoms with E-state index < -0.39 is 0 Å². The van der Waals surface area contributed by atoms with Crippen LogP contribution < -0.4 is 5.73 Å². The second-order valence-electron chi connectivity index (χ2n) is 4.74. The van der Waals surface area contributed by atoms with Crippen molar-refractivity contribution in [3.05, 3.63) is 35.9 Å². The quantitative estimate of drug-likeness (QED) is 0.804. The van der Waals surface area contributed by atoms with Gasteiger partial charge in [0.1, 0.15) is 0 Å². The van der Waals surface area contributed by atoms with Crippen LogP contribution in [-0.2, 0) is 11.2 Å². The Labute approximate surface area is 110 Å². The molecule has 1 amide bonds. The lowest BCUT2D eigenvalue weighted by atomic mass is 10.1. The monoisotopic (exact) mass is 248 g/mol. The van der Waals surface area contributed by atoms with Gasteiger partial charge in [0.05, 0.1) is 6.04 Å². The number of nitrogens with zero attached hydrogens (tertiary/aromatic N) is 1. The van der Waals surface area contributed by atoms with Gasteiger partial charge < -0.3 is 10.6 Å². The zero-order chi connectivity index (χ0) is 13.4. The summed E-state index contributed by atoms with van der Waals surface area (Å²) in [5.41, 5.74) is 7.14. The van der Waals surface area contributed by atoms with Crippen LogP contribution in [0.1, 0.15) is 31.7 Å². The second kappa shape index (κ2) is 7.88. The van der Waals surface area contributed by atoms with Gasteiger partial charge in [-0.1, -0.05) is 43.7 Å². The highest BCUT2D eigenvalue weighted by Crippen LogP contribution is 2.04. The van der Waals surface area contributed by atoms with Crippen molar-refractivity contribution >= 4 is 5.91 Å². The van der Waals surface area contributed by atoms with Gasteiger partial charge in [-0.15, -0.1) is 0 Å². The Morgan fingerprint density at radius 3 is 2.61 bits per heavy atom. The number of carbonyl (C=O) groups excluding carboxylic acids is 1. The molecule has 0 fully saturated rings. The van der Waals surface area contributed by atoms with Crippen molar-refractivity contribution in [2.24, 2.45) is 5.73 Å². The number of likely N-dealkylation sites (N-methyl/N-ethyl adjacent to an activating group) is 1. The maximum Gasteiger partial charge on any atom is 0.239 e. The SMILES string of the molecule is CCC[C@@H](N)C(=O)N(C)CCCc1ccccc1. The number of benzene rings is 1. The van der Waals surface area contributed by atoms with Crippen molar-refractivity contribution in [1.29, 1.82) is 0 Å². The molecular weight excluding hydrogens is 224 g/mol. The van der Waals surface area contributed by atoms with E-state index in [1.165, 1.54) is 5.56 Å². The van der Waals surface area contributed by atoms with Crippen LogP contribution in [0.2, 0.25) is 0 Å². The number of hydrogen-bond acceptors (Lipinski definition) is 2. The lowest BCUT2D eigenvalue weighted by Gasteiger charge is -2.21. The molecule has 0 aromatic heterocycles. The first-order valence-corrected chi connectivity index (χ1v) is 6.69. The van der Waals surface area contributed by atoms with Crippen LogP contribution in [0.4, 0.5) is 0 Å². The first-order chi connectivity index (χ1) is 8.65. The molecule has 0 saturated heterocycles. The third-order valence-corrected chi connectivity index (χ3v) is 3.09. The molecule has 0 unspecified atom stereocenters. The maximum atomic E-state index is 11.9. The van der Waals surface area contributed by atoms with Crippen LogP contribution in [0, 0.1) is 0 Å². The minimum Gasteiger partial charge on any atom is -0.344 e. The Balaban J connectivity index is 2.28. The van der Waals surface area contributed by atoms with Gasteiger partial charge in [-0.2, -0.15) is 0 Å². The molecule has 1 atom stereocenters. The van der Waals surface area contributed by atoms with Gasteiger partial charge >= 0.3 is 0 Å². The summed E-state index contributed by atoms with van der Waals surface area (Å²) in [6.45, 7) is 2.81. The van der Waals surface area contributed by atoms with E-state index in [4.69, 9.17) is 5.73 Å². The predicted octanol–water partition coefficient (Wildman–Crippen LogP) is 2.21. The Morgan fingerprint density at radius 1 is 1.33 bits per heavy atom. The number of amides is 1. The molecule has 1 aromatic rings. The Kier molecular flexibility index (Phi) is 6.44. The Morgan fingerprint density at radius 2 is 2.00 bits per heavy atom. The average molecular weight is 248 g/mol. The van der Waals surface area contributed by atoms with Gasteiger partial charge in [-0.05, 0) is 24.8 Å². The van der Waals surface area contributed by atoms with Gasteiger partial charge in [0.15, 0.2) is 0 Å². The molecule has 18 heavy (non-hydrogen) atoms. The smallest absolute Gasteiger partial charge is 0.239 e. The summed E-state index contributed by atoms with van der Waals surface area (Å²) in [5.74, 6) is 0.0601. The minimum absolute atomic E-state index is 0.0601. The third kappa shape index (κ3) is 4.88. The highest BCUT2D eigenvalue weighted by atomic mass is 16.2. The van der Waals surface area contributed by atoms with Crippen LogP contribution >= 0.6 is 0 Å². The van der Waals surface area contributed by atoms with Crippen molar-refractivity contribution in [1.82, 2.24) is 4.90 Å². The number of carbonyl (C=O) groups is 1. The summed E-state index contributed by atoms with van der Waals surface area (Å²) < 4.78 is 0. The Bertz CT molecular complexity index is 351. The summed E-state index contributed by atoms with van der Waals surface area (Å²) in [7, 11) is 1.84. The molecule has 3 nitrogen and oxygen atoms in total. The van der Waals surface area contributed by atoms with E-state index in [9.17, 15) is 4.79 Å². The van der Waals surface area contributed by atoms with E-state index in [2.05, 4.69) is 12.1 Å². The highest BCUT2D eigenvalue weighted by molar-refractivity contribution is 5.81. The summed E-state index contributed by atoms with van der Waals surface area (Å²) in [5, 5.41) is 0. The molecule has 1 rings (SSSR count). The fourth-order valence-corrected chi connectivity index (χ4v) is 1.99. The molecular formula is C15H24N2O. The van der Waals surface area contributed by atoms with Gasteiger partial charge in [0.25, 0.3) is 0 Å².